The van der Waals surface area contributed by atoms with Crippen LogP contribution in [0.5, 0.6) is 0 Å². The maximum Gasteiger partial charge on any atom is 0.332 e. The van der Waals surface area contributed by atoms with Crippen LogP contribution in [-0.4, -0.2) is 29.6 Å². The van der Waals surface area contributed by atoms with E-state index in [-0.39, 0.29) is 12.4 Å². The molecular formula is C11H15ClN2O4. The maximum atomic E-state index is 11.4. The fourth-order valence-corrected chi connectivity index (χ4v) is 1.21. The number of nitrogens with one attached hydrogen (secondary N) is 1. The van der Waals surface area contributed by atoms with Crippen molar-refractivity contribution in [3.63, 3.8) is 0 Å². The molecule has 0 saturated carbocycles. The molecule has 6 nitrogen and oxygen atoms in total. The van der Waals surface area contributed by atoms with Crippen molar-refractivity contribution >= 4 is 24.3 Å². The predicted octanol–water partition coefficient (Wildman–Crippen LogP) is 0.111. The van der Waals surface area contributed by atoms with Gasteiger partial charge in [0.2, 0.25) is 0 Å². The average molecular weight is 275 g/mol. The Balaban J connectivity index is 0.00000289. The summed E-state index contributed by atoms with van der Waals surface area (Å²) in [5.74, 6) is -1.71. The van der Waals surface area contributed by atoms with Crippen LogP contribution in [0.2, 0.25) is 0 Å². The Morgan fingerprint density at radius 1 is 1.33 bits per heavy atom. The van der Waals surface area contributed by atoms with Gasteiger partial charge in [0, 0.05) is 0 Å². The predicted molar refractivity (Wildman–Crippen MR) is 67.1 cm³/mol. The van der Waals surface area contributed by atoms with Crippen LogP contribution in [0, 0.1) is 0 Å². The van der Waals surface area contributed by atoms with E-state index in [4.69, 9.17) is 10.8 Å². The highest BCUT2D eigenvalue weighted by molar-refractivity contribution is 5.85. The largest absolute Gasteiger partial charge is 0.479 e. The van der Waals surface area contributed by atoms with E-state index in [0.717, 1.165) is 5.56 Å². The summed E-state index contributed by atoms with van der Waals surface area (Å²) in [6.07, 6.45) is 0.364. The van der Waals surface area contributed by atoms with Gasteiger partial charge in [-0.05, 0) is 12.0 Å². The number of aliphatic carboxylic acids is 1. The molecule has 1 aromatic carbocycles. The first-order chi connectivity index (χ1) is 8.09. The highest BCUT2D eigenvalue weighted by atomic mass is 35.5. The lowest BCUT2D eigenvalue weighted by molar-refractivity contribution is -0.149. The molecule has 100 valence electrons. The molecule has 0 aliphatic heterocycles. The zero-order valence-corrected chi connectivity index (χ0v) is 10.4. The van der Waals surface area contributed by atoms with Crippen molar-refractivity contribution in [1.82, 2.24) is 5.48 Å². The number of rotatable bonds is 6. The molecule has 0 aliphatic rings. The molecule has 0 radical (unpaired) electrons. The Kier molecular flexibility index (Phi) is 7.69. The van der Waals surface area contributed by atoms with Gasteiger partial charge >= 0.3 is 5.97 Å². The second-order valence-corrected chi connectivity index (χ2v) is 3.44. The first-order valence-corrected chi connectivity index (χ1v) is 5.02. The van der Waals surface area contributed by atoms with Gasteiger partial charge in [0.1, 0.15) is 0 Å². The second-order valence-electron chi connectivity index (χ2n) is 3.44. The SMILES string of the molecule is Cl.N[C@@H](Cc1ccccc1)C(=O)NOCC(=O)O. The molecule has 4 N–H and O–H groups in total. The van der Waals surface area contributed by atoms with E-state index in [1.54, 1.807) is 0 Å². The number of amides is 1. The summed E-state index contributed by atoms with van der Waals surface area (Å²) in [4.78, 5) is 25.9. The monoisotopic (exact) mass is 274 g/mol. The van der Waals surface area contributed by atoms with Gasteiger partial charge < -0.3 is 10.8 Å². The summed E-state index contributed by atoms with van der Waals surface area (Å²) in [5.41, 5.74) is 8.54. The minimum atomic E-state index is -1.16. The molecule has 18 heavy (non-hydrogen) atoms. The molecule has 1 aromatic rings. The van der Waals surface area contributed by atoms with Crippen molar-refractivity contribution in [2.24, 2.45) is 5.73 Å². The highest BCUT2D eigenvalue weighted by Crippen LogP contribution is 2.01. The van der Waals surface area contributed by atoms with Crippen molar-refractivity contribution in [3.8, 4) is 0 Å². The normalized spacial score (nSPS) is 11.2. The molecular weight excluding hydrogens is 260 g/mol. The minimum absolute atomic E-state index is 0. The number of hydrogen-bond donors (Lipinski definition) is 3. The van der Waals surface area contributed by atoms with Crippen molar-refractivity contribution in [3.05, 3.63) is 35.9 Å². The van der Waals surface area contributed by atoms with E-state index in [0.29, 0.717) is 6.42 Å². The van der Waals surface area contributed by atoms with Crippen LogP contribution in [0.4, 0.5) is 0 Å². The lowest BCUT2D eigenvalue weighted by Crippen LogP contribution is -2.42. The Hall–Kier alpha value is -1.63. The van der Waals surface area contributed by atoms with Crippen LogP contribution in [0.1, 0.15) is 5.56 Å². The quantitative estimate of drug-likeness (QED) is 0.639. The number of halogens is 1. The van der Waals surface area contributed by atoms with Crippen LogP contribution >= 0.6 is 12.4 Å². The summed E-state index contributed by atoms with van der Waals surface area (Å²) in [6.45, 7) is -0.593. The summed E-state index contributed by atoms with van der Waals surface area (Å²) >= 11 is 0. The zero-order chi connectivity index (χ0) is 12.7. The molecule has 0 unspecified atom stereocenters. The molecule has 1 atom stereocenters. The summed E-state index contributed by atoms with van der Waals surface area (Å²) < 4.78 is 0. The minimum Gasteiger partial charge on any atom is -0.479 e. The van der Waals surface area contributed by atoms with E-state index in [1.807, 2.05) is 35.8 Å². The zero-order valence-electron chi connectivity index (χ0n) is 9.54. The molecule has 0 saturated heterocycles. The van der Waals surface area contributed by atoms with Gasteiger partial charge in [-0.25, -0.2) is 10.3 Å². The van der Waals surface area contributed by atoms with Gasteiger partial charge in [0.15, 0.2) is 6.61 Å². The Bertz CT molecular complexity index is 386. The van der Waals surface area contributed by atoms with Gasteiger partial charge in [0.05, 0.1) is 6.04 Å². The van der Waals surface area contributed by atoms with Crippen molar-refractivity contribution < 1.29 is 19.5 Å². The smallest absolute Gasteiger partial charge is 0.332 e. The molecule has 0 aliphatic carbocycles. The second kappa shape index (κ2) is 8.46. The third-order valence-electron chi connectivity index (χ3n) is 2.00. The molecule has 0 bridgehead atoms. The number of hydroxylamine groups is 1. The van der Waals surface area contributed by atoms with Crippen molar-refractivity contribution in [1.29, 1.82) is 0 Å². The van der Waals surface area contributed by atoms with Crippen LogP contribution in [-0.2, 0) is 20.8 Å². The molecule has 1 amide bonds. The molecule has 0 spiro atoms. The van der Waals surface area contributed by atoms with Crippen LogP contribution in [0.3, 0.4) is 0 Å². The van der Waals surface area contributed by atoms with E-state index in [9.17, 15) is 9.59 Å². The van der Waals surface area contributed by atoms with E-state index < -0.39 is 24.5 Å². The van der Waals surface area contributed by atoms with Gasteiger partial charge in [-0.15, -0.1) is 12.4 Å². The lowest BCUT2D eigenvalue weighted by atomic mass is 10.1. The van der Waals surface area contributed by atoms with Crippen molar-refractivity contribution in [2.45, 2.75) is 12.5 Å². The topological polar surface area (TPSA) is 102 Å². The maximum absolute atomic E-state index is 11.4. The van der Waals surface area contributed by atoms with Crippen LogP contribution in [0.15, 0.2) is 30.3 Å². The number of carboxylic acid groups (broad SMARTS) is 1. The highest BCUT2D eigenvalue weighted by Gasteiger charge is 2.14. The first kappa shape index (κ1) is 16.4. The molecule has 1 rings (SSSR count). The average Bonchev–Trinajstić information content (AvgIpc) is 2.29. The third kappa shape index (κ3) is 6.19. The standard InChI is InChI=1S/C11H14N2O4.ClH/c12-9(6-8-4-2-1-3-5-8)11(16)13-17-7-10(14)15;/h1-5,9H,6-7,12H2,(H,13,16)(H,14,15);1H/t9-;/m0./s1. The van der Waals surface area contributed by atoms with Gasteiger partial charge in [-0.3, -0.25) is 9.63 Å². The summed E-state index contributed by atoms with van der Waals surface area (Å²) in [6, 6.07) is 8.50. The fourth-order valence-electron chi connectivity index (χ4n) is 1.21. The number of benzene rings is 1. The molecule has 0 aromatic heterocycles. The number of carbonyl (C=O) groups excluding carboxylic acids is 1. The fraction of sp³-hybridized carbons (Fsp3) is 0.273. The Morgan fingerprint density at radius 2 is 1.94 bits per heavy atom. The van der Waals surface area contributed by atoms with E-state index in [2.05, 4.69) is 4.84 Å². The number of hydrogen-bond acceptors (Lipinski definition) is 4. The van der Waals surface area contributed by atoms with Gasteiger partial charge in [0.25, 0.3) is 5.91 Å². The van der Waals surface area contributed by atoms with Crippen molar-refractivity contribution in [2.75, 3.05) is 6.61 Å². The number of nitrogens with two attached hydrogens (primary N) is 1. The Labute approximate surface area is 110 Å². The third-order valence-corrected chi connectivity index (χ3v) is 2.00. The molecule has 0 fully saturated rings. The Morgan fingerprint density at radius 3 is 2.50 bits per heavy atom. The van der Waals surface area contributed by atoms with Gasteiger partial charge in [-0.1, -0.05) is 30.3 Å². The number of carboxylic acids is 1. The summed E-state index contributed by atoms with van der Waals surface area (Å²) in [7, 11) is 0. The molecule has 0 heterocycles. The van der Waals surface area contributed by atoms with Crippen LogP contribution in [0.25, 0.3) is 0 Å². The van der Waals surface area contributed by atoms with Gasteiger partial charge in [-0.2, -0.15) is 0 Å². The van der Waals surface area contributed by atoms with Crippen LogP contribution < -0.4 is 11.2 Å². The molecule has 7 heteroatoms. The van der Waals surface area contributed by atoms with E-state index >= 15 is 0 Å². The number of carbonyl (C=O) groups is 2. The first-order valence-electron chi connectivity index (χ1n) is 5.02. The lowest BCUT2D eigenvalue weighted by Gasteiger charge is -2.11. The van der Waals surface area contributed by atoms with E-state index in [1.165, 1.54) is 0 Å². The summed E-state index contributed by atoms with van der Waals surface area (Å²) in [5, 5.41) is 8.29.